The Morgan fingerprint density at radius 2 is 2.10 bits per heavy atom. The molecule has 3 atom stereocenters. The van der Waals surface area contributed by atoms with Gasteiger partial charge in [-0.05, 0) is 38.8 Å². The van der Waals surface area contributed by atoms with Gasteiger partial charge in [-0.3, -0.25) is 4.90 Å². The fourth-order valence-corrected chi connectivity index (χ4v) is 3.06. The van der Waals surface area contributed by atoms with Crippen LogP contribution < -0.4 is 5.32 Å². The Balaban J connectivity index is 2.06. The number of hydrogen-bond donors (Lipinski definition) is 1. The average Bonchev–Trinajstić information content (AvgIpc) is 2.67. The molecule has 0 bridgehead atoms. The number of ether oxygens (including phenoxy) is 1. The van der Waals surface area contributed by atoms with Crippen molar-refractivity contribution >= 4 is 0 Å². The van der Waals surface area contributed by atoms with Crippen molar-refractivity contribution in [2.45, 2.75) is 44.8 Å². The number of rotatable bonds is 5. The van der Waals surface area contributed by atoms with Crippen molar-refractivity contribution in [3.05, 3.63) is 35.9 Å². The van der Waals surface area contributed by atoms with Gasteiger partial charge in [0.2, 0.25) is 0 Å². The smallest absolute Gasteiger partial charge is 0.0477 e. The quantitative estimate of drug-likeness (QED) is 0.895. The molecule has 0 amide bonds. The van der Waals surface area contributed by atoms with E-state index in [0.29, 0.717) is 18.1 Å². The van der Waals surface area contributed by atoms with E-state index < -0.39 is 0 Å². The lowest BCUT2D eigenvalue weighted by atomic mass is 10.0. The van der Waals surface area contributed by atoms with Crippen molar-refractivity contribution in [3.63, 3.8) is 0 Å². The molecule has 2 rings (SSSR count). The predicted octanol–water partition coefficient (Wildman–Crippen LogP) is 2.84. The lowest BCUT2D eigenvalue weighted by Crippen LogP contribution is -2.42. The van der Waals surface area contributed by atoms with Crippen molar-refractivity contribution in [2.24, 2.45) is 0 Å². The summed E-state index contributed by atoms with van der Waals surface area (Å²) in [7, 11) is 1.78. The van der Waals surface area contributed by atoms with Gasteiger partial charge in [0, 0.05) is 38.4 Å². The maximum atomic E-state index is 5.24. The normalized spacial score (nSPS) is 26.1. The van der Waals surface area contributed by atoms with Gasteiger partial charge in [0.15, 0.2) is 0 Å². The zero-order chi connectivity index (χ0) is 14.4. The van der Waals surface area contributed by atoms with E-state index in [1.165, 1.54) is 12.0 Å². The highest BCUT2D eigenvalue weighted by Gasteiger charge is 2.26. The number of nitrogens with zero attached hydrogens (tertiary/aromatic N) is 1. The third kappa shape index (κ3) is 4.05. The molecule has 3 nitrogen and oxygen atoms in total. The van der Waals surface area contributed by atoms with E-state index >= 15 is 0 Å². The predicted molar refractivity (Wildman–Crippen MR) is 83.9 cm³/mol. The Labute approximate surface area is 123 Å². The second-order valence-corrected chi connectivity index (χ2v) is 5.88. The van der Waals surface area contributed by atoms with Gasteiger partial charge < -0.3 is 10.1 Å². The molecule has 1 heterocycles. The van der Waals surface area contributed by atoms with E-state index in [2.05, 4.69) is 54.4 Å². The summed E-state index contributed by atoms with van der Waals surface area (Å²) in [6, 6.07) is 12.4. The molecule has 0 saturated carbocycles. The molecule has 0 spiro atoms. The number of nitrogens with one attached hydrogen (secondary N) is 1. The van der Waals surface area contributed by atoms with Crippen molar-refractivity contribution in [3.8, 4) is 0 Å². The Morgan fingerprint density at radius 1 is 1.35 bits per heavy atom. The van der Waals surface area contributed by atoms with E-state index in [0.717, 1.165) is 26.1 Å². The molecular weight excluding hydrogens is 248 g/mol. The maximum Gasteiger partial charge on any atom is 0.0477 e. The van der Waals surface area contributed by atoms with Crippen molar-refractivity contribution in [1.29, 1.82) is 0 Å². The molecule has 1 saturated heterocycles. The number of hydrogen-bond acceptors (Lipinski definition) is 3. The summed E-state index contributed by atoms with van der Waals surface area (Å²) in [5.41, 5.74) is 1.39. The van der Waals surface area contributed by atoms with Crippen LogP contribution in [0.5, 0.6) is 0 Å². The van der Waals surface area contributed by atoms with E-state index in [4.69, 9.17) is 4.74 Å². The Hall–Kier alpha value is -0.900. The Morgan fingerprint density at radius 3 is 2.80 bits per heavy atom. The Kier molecular flexibility index (Phi) is 6.02. The minimum atomic E-state index is 0.436. The van der Waals surface area contributed by atoms with Gasteiger partial charge in [-0.25, -0.2) is 0 Å². The van der Waals surface area contributed by atoms with E-state index in [1.807, 2.05) is 0 Å². The molecule has 20 heavy (non-hydrogen) atoms. The van der Waals surface area contributed by atoms with Crippen LogP contribution in [0, 0.1) is 0 Å². The molecule has 0 aromatic heterocycles. The molecule has 1 aromatic rings. The zero-order valence-corrected chi connectivity index (χ0v) is 13.0. The van der Waals surface area contributed by atoms with Gasteiger partial charge in [0.25, 0.3) is 0 Å². The summed E-state index contributed by atoms with van der Waals surface area (Å²) in [5, 5.41) is 3.70. The van der Waals surface area contributed by atoms with E-state index in [9.17, 15) is 0 Å². The van der Waals surface area contributed by atoms with Crippen LogP contribution in [0.2, 0.25) is 0 Å². The number of methoxy groups -OCH3 is 1. The fourth-order valence-electron chi connectivity index (χ4n) is 3.06. The first-order valence-corrected chi connectivity index (χ1v) is 7.75. The fraction of sp³-hybridized carbons (Fsp3) is 0.647. The lowest BCUT2D eigenvalue weighted by molar-refractivity contribution is 0.109. The molecule has 3 heteroatoms. The van der Waals surface area contributed by atoms with Crippen LogP contribution in [0.4, 0.5) is 0 Å². The highest BCUT2D eigenvalue weighted by molar-refractivity contribution is 5.19. The molecular formula is C17H28N2O. The molecule has 1 aliphatic heterocycles. The van der Waals surface area contributed by atoms with Gasteiger partial charge in [-0.1, -0.05) is 30.3 Å². The van der Waals surface area contributed by atoms with Crippen LogP contribution in [-0.4, -0.2) is 43.8 Å². The highest BCUT2D eigenvalue weighted by Crippen LogP contribution is 2.22. The second-order valence-electron chi connectivity index (χ2n) is 5.88. The second kappa shape index (κ2) is 7.77. The highest BCUT2D eigenvalue weighted by atomic mass is 16.5. The third-order valence-electron chi connectivity index (χ3n) is 4.42. The van der Waals surface area contributed by atoms with Crippen LogP contribution >= 0.6 is 0 Å². The van der Waals surface area contributed by atoms with Gasteiger partial charge in [0.1, 0.15) is 0 Å². The van der Waals surface area contributed by atoms with Crippen LogP contribution in [0.15, 0.2) is 30.3 Å². The molecule has 3 unspecified atom stereocenters. The van der Waals surface area contributed by atoms with E-state index in [-0.39, 0.29) is 0 Å². The average molecular weight is 276 g/mol. The summed E-state index contributed by atoms with van der Waals surface area (Å²) in [6.07, 6.45) is 2.31. The maximum absolute atomic E-state index is 5.24. The van der Waals surface area contributed by atoms with Crippen molar-refractivity contribution in [2.75, 3.05) is 26.8 Å². The monoisotopic (exact) mass is 276 g/mol. The summed E-state index contributed by atoms with van der Waals surface area (Å²) in [5.74, 6) is 0. The first kappa shape index (κ1) is 15.5. The lowest BCUT2D eigenvalue weighted by Gasteiger charge is -2.34. The molecule has 0 aliphatic carbocycles. The first-order chi connectivity index (χ1) is 9.72. The molecule has 1 aromatic carbocycles. The minimum Gasteiger partial charge on any atom is -0.385 e. The largest absolute Gasteiger partial charge is 0.385 e. The van der Waals surface area contributed by atoms with E-state index in [1.54, 1.807) is 7.11 Å². The van der Waals surface area contributed by atoms with Gasteiger partial charge in [-0.2, -0.15) is 0 Å². The van der Waals surface area contributed by atoms with Gasteiger partial charge in [-0.15, -0.1) is 0 Å². The summed E-state index contributed by atoms with van der Waals surface area (Å²) >= 11 is 0. The van der Waals surface area contributed by atoms with Crippen LogP contribution in [-0.2, 0) is 4.74 Å². The van der Waals surface area contributed by atoms with Crippen molar-refractivity contribution < 1.29 is 4.74 Å². The summed E-state index contributed by atoms with van der Waals surface area (Å²) in [6.45, 7) is 7.68. The third-order valence-corrected chi connectivity index (χ3v) is 4.42. The standard InChI is InChI=1S/C17H28N2O/c1-14-9-11-18-17(16-7-5-4-6-8-16)13-19(14)15(2)10-12-20-3/h4-8,14-15,17-18H,9-13H2,1-3H3. The molecule has 1 aliphatic rings. The molecule has 1 fully saturated rings. The summed E-state index contributed by atoms with van der Waals surface area (Å²) in [4.78, 5) is 2.64. The molecule has 0 radical (unpaired) electrons. The molecule has 1 N–H and O–H groups in total. The first-order valence-electron chi connectivity index (χ1n) is 7.75. The van der Waals surface area contributed by atoms with Gasteiger partial charge >= 0.3 is 0 Å². The van der Waals surface area contributed by atoms with Crippen molar-refractivity contribution in [1.82, 2.24) is 10.2 Å². The zero-order valence-electron chi connectivity index (χ0n) is 13.0. The summed E-state index contributed by atoms with van der Waals surface area (Å²) < 4.78 is 5.24. The minimum absolute atomic E-state index is 0.436. The molecule has 112 valence electrons. The van der Waals surface area contributed by atoms with Gasteiger partial charge in [0.05, 0.1) is 0 Å². The number of benzene rings is 1. The van der Waals surface area contributed by atoms with Crippen LogP contribution in [0.25, 0.3) is 0 Å². The SMILES string of the molecule is COCCC(C)N1CC(c2ccccc2)NCCC1C. The van der Waals surface area contributed by atoms with Crippen LogP contribution in [0.3, 0.4) is 0 Å². The topological polar surface area (TPSA) is 24.5 Å². The Bertz CT molecular complexity index is 382. The van der Waals surface area contributed by atoms with Crippen LogP contribution in [0.1, 0.15) is 38.3 Å².